The molecule has 3 rings (SSSR count). The first-order valence-electron chi connectivity index (χ1n) is 8.90. The second kappa shape index (κ2) is 8.32. The van der Waals surface area contributed by atoms with Gasteiger partial charge in [0.1, 0.15) is 5.00 Å². The van der Waals surface area contributed by atoms with Crippen molar-refractivity contribution in [2.75, 3.05) is 18.4 Å². The van der Waals surface area contributed by atoms with Gasteiger partial charge < -0.3 is 9.47 Å². The molecule has 0 amide bonds. The lowest BCUT2D eigenvalue weighted by molar-refractivity contribution is 0.0525. The fourth-order valence-electron chi connectivity index (χ4n) is 3.15. The van der Waals surface area contributed by atoms with E-state index in [0.29, 0.717) is 5.56 Å². The van der Waals surface area contributed by atoms with E-state index in [-0.39, 0.29) is 22.1 Å². The lowest BCUT2D eigenvalue weighted by atomic mass is 9.95. The third kappa shape index (κ3) is 4.05. The molecule has 150 valence electrons. The Morgan fingerprint density at radius 2 is 1.93 bits per heavy atom. The number of hydrogen-bond acceptors (Lipinski definition) is 7. The number of ether oxygens (including phenoxy) is 2. The Labute approximate surface area is 167 Å². The van der Waals surface area contributed by atoms with Crippen LogP contribution in [0.5, 0.6) is 0 Å². The van der Waals surface area contributed by atoms with Gasteiger partial charge >= 0.3 is 11.9 Å². The summed E-state index contributed by atoms with van der Waals surface area (Å²) in [7, 11) is -2.78. The van der Waals surface area contributed by atoms with Crippen molar-refractivity contribution in [2.45, 2.75) is 37.5 Å². The number of hydrogen-bond donors (Lipinski definition) is 1. The molecule has 0 bridgehead atoms. The minimum absolute atomic E-state index is 0.0865. The van der Waals surface area contributed by atoms with Crippen molar-refractivity contribution in [1.82, 2.24) is 0 Å². The zero-order valence-corrected chi connectivity index (χ0v) is 17.2. The lowest BCUT2D eigenvalue weighted by Gasteiger charge is -2.12. The molecule has 28 heavy (non-hydrogen) atoms. The average molecular weight is 424 g/mol. The summed E-state index contributed by atoms with van der Waals surface area (Å²) in [4.78, 5) is 25.1. The third-order valence-electron chi connectivity index (χ3n) is 4.44. The van der Waals surface area contributed by atoms with Crippen LogP contribution < -0.4 is 4.72 Å². The van der Waals surface area contributed by atoms with Crippen molar-refractivity contribution in [3.63, 3.8) is 0 Å². The highest BCUT2D eigenvalue weighted by atomic mass is 32.2. The maximum absolute atomic E-state index is 12.9. The van der Waals surface area contributed by atoms with Crippen LogP contribution in [0.15, 0.2) is 29.2 Å². The lowest BCUT2D eigenvalue weighted by Crippen LogP contribution is -2.16. The third-order valence-corrected chi connectivity index (χ3v) is 7.13. The minimum Gasteiger partial charge on any atom is -0.465 e. The molecule has 1 heterocycles. The Morgan fingerprint density at radius 1 is 1.18 bits per heavy atom. The first kappa shape index (κ1) is 20.3. The number of thiophene rings is 1. The topological polar surface area (TPSA) is 98.8 Å². The van der Waals surface area contributed by atoms with Crippen molar-refractivity contribution in [3.8, 4) is 0 Å². The number of benzene rings is 1. The van der Waals surface area contributed by atoms with Crippen molar-refractivity contribution < 1.29 is 27.5 Å². The van der Waals surface area contributed by atoms with Gasteiger partial charge in [0.05, 0.1) is 29.7 Å². The van der Waals surface area contributed by atoms with Crippen LogP contribution >= 0.6 is 11.3 Å². The van der Waals surface area contributed by atoms with Crippen LogP contribution in [-0.2, 0) is 32.3 Å². The van der Waals surface area contributed by atoms with E-state index in [9.17, 15) is 18.0 Å². The van der Waals surface area contributed by atoms with E-state index < -0.39 is 22.0 Å². The van der Waals surface area contributed by atoms with Gasteiger partial charge in [-0.25, -0.2) is 18.0 Å². The van der Waals surface area contributed by atoms with E-state index in [1.54, 1.807) is 6.92 Å². The molecule has 1 aliphatic rings. The maximum atomic E-state index is 12.9. The van der Waals surface area contributed by atoms with Gasteiger partial charge in [-0.15, -0.1) is 11.3 Å². The normalized spacial score (nSPS) is 13.5. The van der Waals surface area contributed by atoms with Crippen molar-refractivity contribution in [2.24, 2.45) is 0 Å². The summed E-state index contributed by atoms with van der Waals surface area (Å²) >= 11 is 1.27. The van der Waals surface area contributed by atoms with Gasteiger partial charge in [-0.05, 0) is 56.4 Å². The number of rotatable bonds is 6. The number of methoxy groups -OCH3 is 1. The summed E-state index contributed by atoms with van der Waals surface area (Å²) in [6, 6.07) is 5.56. The van der Waals surface area contributed by atoms with Crippen LogP contribution in [0.1, 0.15) is 50.9 Å². The van der Waals surface area contributed by atoms with Crippen molar-refractivity contribution in [3.05, 3.63) is 45.8 Å². The highest BCUT2D eigenvalue weighted by molar-refractivity contribution is 7.93. The van der Waals surface area contributed by atoms with Crippen LogP contribution in [0, 0.1) is 0 Å². The van der Waals surface area contributed by atoms with Gasteiger partial charge in [0.15, 0.2) is 0 Å². The van der Waals surface area contributed by atoms with Crippen LogP contribution in [-0.4, -0.2) is 34.1 Å². The average Bonchev–Trinajstić information content (AvgIpc) is 3.04. The monoisotopic (exact) mass is 423 g/mol. The zero-order chi connectivity index (χ0) is 20.3. The Bertz CT molecular complexity index is 1010. The predicted octanol–water partition coefficient (Wildman–Crippen LogP) is 3.39. The van der Waals surface area contributed by atoms with Crippen LogP contribution in [0.3, 0.4) is 0 Å². The number of anilines is 1. The molecule has 2 aromatic rings. The van der Waals surface area contributed by atoms with Crippen molar-refractivity contribution in [1.29, 1.82) is 0 Å². The molecule has 0 fully saturated rings. The quantitative estimate of drug-likeness (QED) is 0.715. The number of nitrogens with one attached hydrogen (secondary N) is 1. The van der Waals surface area contributed by atoms with Gasteiger partial charge in [-0.3, -0.25) is 4.72 Å². The fraction of sp³-hybridized carbons (Fsp3) is 0.368. The van der Waals surface area contributed by atoms with Gasteiger partial charge in [-0.2, -0.15) is 0 Å². The van der Waals surface area contributed by atoms with E-state index in [2.05, 4.69) is 9.46 Å². The second-order valence-electron chi connectivity index (χ2n) is 6.26. The van der Waals surface area contributed by atoms with E-state index in [4.69, 9.17) is 4.74 Å². The molecule has 7 nitrogen and oxygen atoms in total. The molecule has 1 aliphatic carbocycles. The molecular weight excluding hydrogens is 402 g/mol. The summed E-state index contributed by atoms with van der Waals surface area (Å²) in [5, 5.41) is 0.258. The number of sulfonamides is 1. The van der Waals surface area contributed by atoms with E-state index in [1.165, 1.54) is 42.7 Å². The molecular formula is C19H21NO6S2. The molecule has 0 saturated carbocycles. The highest BCUT2D eigenvalue weighted by Crippen LogP contribution is 2.39. The maximum Gasteiger partial charge on any atom is 0.341 e. The number of aryl methyl sites for hydroxylation is 1. The van der Waals surface area contributed by atoms with E-state index in [0.717, 1.165) is 36.1 Å². The Morgan fingerprint density at radius 3 is 2.64 bits per heavy atom. The van der Waals surface area contributed by atoms with Gasteiger partial charge in [-0.1, -0.05) is 6.07 Å². The van der Waals surface area contributed by atoms with E-state index in [1.807, 2.05) is 0 Å². The SMILES string of the molecule is CCOC(=O)c1c(NS(=O)(=O)c2cccc(C(=O)OC)c2)sc2c1CCCC2. The van der Waals surface area contributed by atoms with Gasteiger partial charge in [0.25, 0.3) is 10.0 Å². The number of carbonyl (C=O) groups excluding carboxylic acids is 2. The van der Waals surface area contributed by atoms with Crippen LogP contribution in [0.2, 0.25) is 0 Å². The first-order chi connectivity index (χ1) is 13.4. The molecule has 1 aromatic carbocycles. The Hall–Kier alpha value is -2.39. The standard InChI is InChI=1S/C19H21NO6S2/c1-3-26-19(22)16-14-9-4-5-10-15(14)27-17(16)20-28(23,24)13-8-6-7-12(11-13)18(21)25-2/h6-8,11,20H,3-5,9-10H2,1-2H3. The molecule has 0 unspecified atom stereocenters. The smallest absolute Gasteiger partial charge is 0.341 e. The number of carbonyl (C=O) groups is 2. The highest BCUT2D eigenvalue weighted by Gasteiger charge is 2.29. The first-order valence-corrected chi connectivity index (χ1v) is 11.2. The Kier molecular flexibility index (Phi) is 6.04. The molecule has 0 radical (unpaired) electrons. The largest absolute Gasteiger partial charge is 0.465 e. The summed E-state index contributed by atoms with van der Waals surface area (Å²) in [5.74, 6) is -1.15. The van der Waals surface area contributed by atoms with Gasteiger partial charge in [0, 0.05) is 4.88 Å². The van der Waals surface area contributed by atoms with Gasteiger partial charge in [0.2, 0.25) is 0 Å². The summed E-state index contributed by atoms with van der Waals surface area (Å²) in [6.45, 7) is 1.91. The molecule has 0 aliphatic heterocycles. The van der Waals surface area contributed by atoms with Crippen LogP contribution in [0.25, 0.3) is 0 Å². The second-order valence-corrected chi connectivity index (χ2v) is 9.05. The molecule has 9 heteroatoms. The Balaban J connectivity index is 2.00. The molecule has 0 atom stereocenters. The van der Waals surface area contributed by atoms with E-state index >= 15 is 0 Å². The predicted molar refractivity (Wildman–Crippen MR) is 106 cm³/mol. The summed E-state index contributed by atoms with van der Waals surface area (Å²) in [6.07, 6.45) is 3.48. The molecule has 1 aromatic heterocycles. The number of esters is 2. The number of fused-ring (bicyclic) bond motifs is 1. The molecule has 1 N–H and O–H groups in total. The minimum atomic E-state index is -4.00. The molecule has 0 saturated heterocycles. The van der Waals surface area contributed by atoms with Crippen LogP contribution in [0.4, 0.5) is 5.00 Å². The molecule has 0 spiro atoms. The summed E-state index contributed by atoms with van der Waals surface area (Å²) in [5.41, 5.74) is 1.30. The van der Waals surface area contributed by atoms with Crippen molar-refractivity contribution >= 4 is 38.3 Å². The zero-order valence-electron chi connectivity index (χ0n) is 15.6. The summed E-state index contributed by atoms with van der Waals surface area (Å²) < 4.78 is 38.1. The fourth-order valence-corrected chi connectivity index (χ4v) is 5.77.